The SMILES string of the molecule is CCNC(=NCc1ccc(S(N)(=O)=O)cc1)NCCc1ccc(OC)c(OC)c1. The van der Waals surface area contributed by atoms with Crippen molar-refractivity contribution in [1.82, 2.24) is 10.6 Å². The number of hydrogen-bond acceptors (Lipinski definition) is 5. The fourth-order valence-corrected chi connectivity index (χ4v) is 3.17. The van der Waals surface area contributed by atoms with Crippen molar-refractivity contribution in [2.24, 2.45) is 10.1 Å². The zero-order valence-electron chi connectivity index (χ0n) is 16.9. The maximum absolute atomic E-state index is 11.3. The van der Waals surface area contributed by atoms with Crippen molar-refractivity contribution in [2.45, 2.75) is 24.8 Å². The zero-order valence-corrected chi connectivity index (χ0v) is 17.8. The molecule has 0 radical (unpaired) electrons. The van der Waals surface area contributed by atoms with Gasteiger partial charge in [-0.25, -0.2) is 18.5 Å². The minimum atomic E-state index is -3.68. The number of sulfonamides is 1. The van der Waals surface area contributed by atoms with Crippen LogP contribution in [-0.2, 0) is 23.0 Å². The summed E-state index contributed by atoms with van der Waals surface area (Å²) in [6.45, 7) is 3.82. The predicted octanol–water partition coefficient (Wildman–Crippen LogP) is 1.65. The number of guanidine groups is 1. The molecular weight excluding hydrogens is 392 g/mol. The molecule has 0 unspecified atom stereocenters. The van der Waals surface area contributed by atoms with Crippen molar-refractivity contribution in [2.75, 3.05) is 27.3 Å². The molecule has 0 aliphatic rings. The fourth-order valence-electron chi connectivity index (χ4n) is 2.66. The summed E-state index contributed by atoms with van der Waals surface area (Å²) in [4.78, 5) is 4.63. The number of nitrogens with one attached hydrogen (secondary N) is 2. The van der Waals surface area contributed by atoms with E-state index in [0.29, 0.717) is 30.5 Å². The molecular formula is C20H28N4O4S. The Labute approximate surface area is 172 Å². The first-order chi connectivity index (χ1) is 13.9. The first-order valence-corrected chi connectivity index (χ1v) is 10.8. The van der Waals surface area contributed by atoms with Crippen LogP contribution in [0, 0.1) is 0 Å². The lowest BCUT2D eigenvalue weighted by Crippen LogP contribution is -2.38. The molecule has 0 bridgehead atoms. The highest BCUT2D eigenvalue weighted by atomic mass is 32.2. The Morgan fingerprint density at radius 3 is 2.24 bits per heavy atom. The zero-order chi connectivity index (χ0) is 21.3. The highest BCUT2D eigenvalue weighted by molar-refractivity contribution is 7.89. The van der Waals surface area contributed by atoms with E-state index in [1.165, 1.54) is 12.1 Å². The number of rotatable bonds is 9. The van der Waals surface area contributed by atoms with Crippen LogP contribution in [0.3, 0.4) is 0 Å². The molecule has 2 aromatic rings. The number of nitrogens with zero attached hydrogens (tertiary/aromatic N) is 1. The van der Waals surface area contributed by atoms with E-state index >= 15 is 0 Å². The third-order valence-corrected chi connectivity index (χ3v) is 5.10. The second-order valence-corrected chi connectivity index (χ2v) is 7.81. The Balaban J connectivity index is 1.95. The van der Waals surface area contributed by atoms with Gasteiger partial charge in [-0.2, -0.15) is 0 Å². The van der Waals surface area contributed by atoms with Gasteiger partial charge in [0.25, 0.3) is 0 Å². The molecule has 0 saturated carbocycles. The highest BCUT2D eigenvalue weighted by Crippen LogP contribution is 2.27. The highest BCUT2D eigenvalue weighted by Gasteiger charge is 2.07. The molecule has 0 aliphatic carbocycles. The maximum atomic E-state index is 11.3. The Kier molecular flexibility index (Phi) is 8.29. The molecule has 0 saturated heterocycles. The van der Waals surface area contributed by atoms with Gasteiger partial charge in [0.15, 0.2) is 17.5 Å². The van der Waals surface area contributed by atoms with Gasteiger partial charge < -0.3 is 20.1 Å². The number of ether oxygens (including phenoxy) is 2. The number of primary sulfonamides is 1. The summed E-state index contributed by atoms with van der Waals surface area (Å²) in [5, 5.41) is 11.6. The number of nitrogens with two attached hydrogens (primary N) is 1. The van der Waals surface area contributed by atoms with E-state index < -0.39 is 10.0 Å². The summed E-state index contributed by atoms with van der Waals surface area (Å²) in [5.74, 6) is 2.09. The lowest BCUT2D eigenvalue weighted by atomic mass is 10.1. The summed E-state index contributed by atoms with van der Waals surface area (Å²) in [7, 11) is -0.457. The lowest BCUT2D eigenvalue weighted by molar-refractivity contribution is 0.354. The number of hydrogen-bond donors (Lipinski definition) is 3. The molecule has 0 amide bonds. The molecule has 0 spiro atoms. The van der Waals surface area contributed by atoms with Crippen molar-refractivity contribution in [3.8, 4) is 11.5 Å². The van der Waals surface area contributed by atoms with Gasteiger partial charge in [-0.05, 0) is 48.7 Å². The van der Waals surface area contributed by atoms with Gasteiger partial charge in [0.1, 0.15) is 0 Å². The van der Waals surface area contributed by atoms with Gasteiger partial charge in [-0.3, -0.25) is 0 Å². The summed E-state index contributed by atoms with van der Waals surface area (Å²) in [5.41, 5.74) is 2.00. The third-order valence-electron chi connectivity index (χ3n) is 4.17. The second kappa shape index (κ2) is 10.7. The van der Waals surface area contributed by atoms with Crippen LogP contribution in [-0.4, -0.2) is 41.7 Å². The van der Waals surface area contributed by atoms with Crippen LogP contribution in [0.2, 0.25) is 0 Å². The van der Waals surface area contributed by atoms with Crippen molar-refractivity contribution in [3.05, 3.63) is 53.6 Å². The normalized spacial score (nSPS) is 11.8. The first-order valence-electron chi connectivity index (χ1n) is 9.22. The average Bonchev–Trinajstić information content (AvgIpc) is 2.71. The molecule has 0 heterocycles. The van der Waals surface area contributed by atoms with E-state index in [2.05, 4.69) is 15.6 Å². The minimum absolute atomic E-state index is 0.0881. The molecule has 0 aliphatic heterocycles. The summed E-state index contributed by atoms with van der Waals surface area (Å²) >= 11 is 0. The quantitative estimate of drug-likeness (QED) is 0.420. The largest absolute Gasteiger partial charge is 0.493 e. The van der Waals surface area contributed by atoms with Gasteiger partial charge in [0, 0.05) is 13.1 Å². The van der Waals surface area contributed by atoms with Crippen LogP contribution >= 0.6 is 0 Å². The van der Waals surface area contributed by atoms with E-state index in [4.69, 9.17) is 14.6 Å². The molecule has 0 fully saturated rings. The molecule has 2 aromatic carbocycles. The van der Waals surface area contributed by atoms with Gasteiger partial charge in [-0.15, -0.1) is 0 Å². The van der Waals surface area contributed by atoms with Gasteiger partial charge >= 0.3 is 0 Å². The van der Waals surface area contributed by atoms with Crippen molar-refractivity contribution in [1.29, 1.82) is 0 Å². The molecule has 0 atom stereocenters. The predicted molar refractivity (Wildman–Crippen MR) is 114 cm³/mol. The van der Waals surface area contributed by atoms with E-state index in [-0.39, 0.29) is 4.90 Å². The van der Waals surface area contributed by atoms with Gasteiger partial charge in [0.05, 0.1) is 25.7 Å². The lowest BCUT2D eigenvalue weighted by Gasteiger charge is -2.13. The fraction of sp³-hybridized carbons (Fsp3) is 0.350. The third kappa shape index (κ3) is 6.95. The number of methoxy groups -OCH3 is 2. The van der Waals surface area contributed by atoms with Crippen LogP contribution < -0.4 is 25.2 Å². The van der Waals surface area contributed by atoms with Crippen LogP contribution in [0.4, 0.5) is 0 Å². The standard InChI is InChI=1S/C20H28N4O4S/c1-4-22-20(24-14-16-5-8-17(9-6-16)29(21,25)26)23-12-11-15-7-10-18(27-2)19(13-15)28-3/h5-10,13H,4,11-12,14H2,1-3H3,(H2,21,25,26)(H2,22,23,24). The molecule has 29 heavy (non-hydrogen) atoms. The van der Waals surface area contributed by atoms with Crippen molar-refractivity contribution < 1.29 is 17.9 Å². The molecule has 2 rings (SSSR count). The van der Waals surface area contributed by atoms with Gasteiger partial charge in [-0.1, -0.05) is 18.2 Å². The molecule has 0 aromatic heterocycles. The molecule has 158 valence electrons. The summed E-state index contributed by atoms with van der Waals surface area (Å²) < 4.78 is 33.2. The first kappa shape index (κ1) is 22.5. The minimum Gasteiger partial charge on any atom is -0.493 e. The van der Waals surface area contributed by atoms with Gasteiger partial charge in [0.2, 0.25) is 10.0 Å². The molecule has 4 N–H and O–H groups in total. The van der Waals surface area contributed by atoms with Crippen LogP contribution in [0.5, 0.6) is 11.5 Å². The Morgan fingerprint density at radius 1 is 1.00 bits per heavy atom. The van der Waals surface area contributed by atoms with E-state index in [9.17, 15) is 8.42 Å². The van der Waals surface area contributed by atoms with E-state index in [1.54, 1.807) is 26.4 Å². The van der Waals surface area contributed by atoms with E-state index in [1.807, 2.05) is 25.1 Å². The van der Waals surface area contributed by atoms with Crippen LogP contribution in [0.1, 0.15) is 18.1 Å². The van der Waals surface area contributed by atoms with Crippen molar-refractivity contribution >= 4 is 16.0 Å². The number of aliphatic imine (C=N–C) groups is 1. The van der Waals surface area contributed by atoms with Crippen molar-refractivity contribution in [3.63, 3.8) is 0 Å². The smallest absolute Gasteiger partial charge is 0.238 e. The summed E-state index contributed by atoms with van der Waals surface area (Å²) in [6, 6.07) is 12.2. The Morgan fingerprint density at radius 2 is 1.66 bits per heavy atom. The molecule has 8 nitrogen and oxygen atoms in total. The van der Waals surface area contributed by atoms with E-state index in [0.717, 1.165) is 24.1 Å². The van der Waals surface area contributed by atoms with Crippen LogP contribution in [0.25, 0.3) is 0 Å². The maximum Gasteiger partial charge on any atom is 0.238 e. The summed E-state index contributed by atoms with van der Waals surface area (Å²) in [6.07, 6.45) is 0.786. The second-order valence-electron chi connectivity index (χ2n) is 6.25. The topological polar surface area (TPSA) is 115 Å². The van der Waals surface area contributed by atoms with Crippen LogP contribution in [0.15, 0.2) is 52.4 Å². The Hall–Kier alpha value is -2.78. The molecule has 9 heteroatoms. The Bertz CT molecular complexity index is 928. The number of benzene rings is 2. The monoisotopic (exact) mass is 420 g/mol. The average molecular weight is 421 g/mol.